The van der Waals surface area contributed by atoms with Gasteiger partial charge in [0, 0.05) is 18.1 Å². The Morgan fingerprint density at radius 3 is 2.63 bits per heavy atom. The molecule has 1 N–H and O–H groups in total. The van der Waals surface area contributed by atoms with Gasteiger partial charge in [-0.1, -0.05) is 32.0 Å². The predicted molar refractivity (Wildman–Crippen MR) is 79.5 cm³/mol. The standard InChI is InChI=1S/C16H22N2O/c1-12(2)8-9-19-16-15-7-5-4-6-14(15)13(10-17-3)11-18-16/h4-7,11-12,17H,8-10H2,1-3H3. The van der Waals surface area contributed by atoms with Gasteiger partial charge in [-0.2, -0.15) is 0 Å². The van der Waals surface area contributed by atoms with Crippen molar-refractivity contribution >= 4 is 10.8 Å². The SMILES string of the molecule is CNCc1cnc(OCCC(C)C)c2ccccc12. The minimum Gasteiger partial charge on any atom is -0.477 e. The quantitative estimate of drug-likeness (QED) is 0.862. The first-order valence-corrected chi connectivity index (χ1v) is 6.86. The van der Waals surface area contributed by atoms with Crippen LogP contribution in [0, 0.1) is 5.92 Å². The molecule has 2 rings (SSSR count). The lowest BCUT2D eigenvalue weighted by molar-refractivity contribution is 0.283. The number of nitrogens with zero attached hydrogens (tertiary/aromatic N) is 1. The molecule has 0 aliphatic rings. The van der Waals surface area contributed by atoms with Crippen LogP contribution in [0.1, 0.15) is 25.8 Å². The number of aromatic nitrogens is 1. The summed E-state index contributed by atoms with van der Waals surface area (Å²) in [6, 6.07) is 8.28. The molecule has 1 aromatic heterocycles. The largest absolute Gasteiger partial charge is 0.477 e. The van der Waals surface area contributed by atoms with Crippen molar-refractivity contribution in [3.63, 3.8) is 0 Å². The zero-order valence-electron chi connectivity index (χ0n) is 11.9. The van der Waals surface area contributed by atoms with Crippen LogP contribution in [0.2, 0.25) is 0 Å². The van der Waals surface area contributed by atoms with E-state index < -0.39 is 0 Å². The van der Waals surface area contributed by atoms with E-state index >= 15 is 0 Å². The Morgan fingerprint density at radius 1 is 1.21 bits per heavy atom. The first-order chi connectivity index (χ1) is 9.22. The summed E-state index contributed by atoms with van der Waals surface area (Å²) in [6.07, 6.45) is 2.96. The van der Waals surface area contributed by atoms with Gasteiger partial charge in [0.1, 0.15) is 0 Å². The Bertz CT molecular complexity index is 537. The molecule has 0 aliphatic carbocycles. The van der Waals surface area contributed by atoms with Crippen molar-refractivity contribution in [2.24, 2.45) is 5.92 Å². The van der Waals surface area contributed by atoms with Gasteiger partial charge < -0.3 is 10.1 Å². The Hall–Kier alpha value is -1.61. The van der Waals surface area contributed by atoms with Gasteiger partial charge in [0.15, 0.2) is 0 Å². The van der Waals surface area contributed by atoms with Crippen LogP contribution in [-0.2, 0) is 6.54 Å². The van der Waals surface area contributed by atoms with Gasteiger partial charge >= 0.3 is 0 Å². The molecule has 1 aromatic carbocycles. The number of pyridine rings is 1. The lowest BCUT2D eigenvalue weighted by Gasteiger charge is -2.12. The van der Waals surface area contributed by atoms with Crippen molar-refractivity contribution < 1.29 is 4.74 Å². The van der Waals surface area contributed by atoms with Gasteiger partial charge in [-0.15, -0.1) is 0 Å². The fraction of sp³-hybridized carbons (Fsp3) is 0.438. The second-order valence-corrected chi connectivity index (χ2v) is 5.20. The average molecular weight is 258 g/mol. The number of rotatable bonds is 6. The third-order valence-corrected chi connectivity index (χ3v) is 3.14. The van der Waals surface area contributed by atoms with E-state index in [1.54, 1.807) is 0 Å². The highest BCUT2D eigenvalue weighted by molar-refractivity contribution is 5.89. The summed E-state index contributed by atoms with van der Waals surface area (Å²) in [7, 11) is 1.95. The van der Waals surface area contributed by atoms with Crippen molar-refractivity contribution in [2.45, 2.75) is 26.8 Å². The monoisotopic (exact) mass is 258 g/mol. The number of benzene rings is 1. The van der Waals surface area contributed by atoms with E-state index in [-0.39, 0.29) is 0 Å². The van der Waals surface area contributed by atoms with Gasteiger partial charge in [0.25, 0.3) is 0 Å². The van der Waals surface area contributed by atoms with Crippen LogP contribution in [0.4, 0.5) is 0 Å². The van der Waals surface area contributed by atoms with Crippen LogP contribution in [0.25, 0.3) is 10.8 Å². The molecule has 0 saturated heterocycles. The van der Waals surface area contributed by atoms with Crippen LogP contribution >= 0.6 is 0 Å². The molecule has 0 spiro atoms. The summed E-state index contributed by atoms with van der Waals surface area (Å²) in [6.45, 7) is 5.94. The van der Waals surface area contributed by atoms with Gasteiger partial charge in [-0.05, 0) is 36.4 Å². The highest BCUT2D eigenvalue weighted by atomic mass is 16.5. The van der Waals surface area contributed by atoms with Gasteiger partial charge in [0.05, 0.1) is 6.61 Å². The molecule has 0 fully saturated rings. The zero-order valence-corrected chi connectivity index (χ0v) is 11.9. The maximum atomic E-state index is 5.83. The van der Waals surface area contributed by atoms with Gasteiger partial charge in [-0.25, -0.2) is 4.98 Å². The molecule has 0 bridgehead atoms. The van der Waals surface area contributed by atoms with Crippen LogP contribution in [0.5, 0.6) is 5.88 Å². The summed E-state index contributed by atoms with van der Waals surface area (Å²) in [5.41, 5.74) is 1.20. The van der Waals surface area contributed by atoms with Crippen molar-refractivity contribution in [2.75, 3.05) is 13.7 Å². The number of nitrogens with one attached hydrogen (secondary N) is 1. The maximum absolute atomic E-state index is 5.83. The molecule has 102 valence electrons. The number of hydrogen-bond donors (Lipinski definition) is 1. The summed E-state index contributed by atoms with van der Waals surface area (Å²) in [5, 5.41) is 5.48. The molecule has 2 aromatic rings. The molecule has 0 unspecified atom stereocenters. The Kier molecular flexibility index (Phi) is 4.74. The first kappa shape index (κ1) is 13.8. The second-order valence-electron chi connectivity index (χ2n) is 5.20. The minimum absolute atomic E-state index is 0.648. The fourth-order valence-electron chi connectivity index (χ4n) is 2.06. The van der Waals surface area contributed by atoms with Crippen LogP contribution in [0.15, 0.2) is 30.5 Å². The Labute approximate surface area is 115 Å². The summed E-state index contributed by atoms with van der Waals surface area (Å²) >= 11 is 0. The third kappa shape index (κ3) is 3.44. The van der Waals surface area contributed by atoms with Gasteiger partial charge in [0.2, 0.25) is 5.88 Å². The molecular weight excluding hydrogens is 236 g/mol. The number of ether oxygens (including phenoxy) is 1. The number of fused-ring (bicyclic) bond motifs is 1. The molecule has 0 saturated carbocycles. The van der Waals surface area contributed by atoms with E-state index in [9.17, 15) is 0 Å². The topological polar surface area (TPSA) is 34.2 Å². The van der Waals surface area contributed by atoms with E-state index in [0.717, 1.165) is 30.8 Å². The molecule has 19 heavy (non-hydrogen) atoms. The molecule has 0 radical (unpaired) electrons. The number of hydrogen-bond acceptors (Lipinski definition) is 3. The fourth-order valence-corrected chi connectivity index (χ4v) is 2.06. The molecule has 0 amide bonds. The van der Waals surface area contributed by atoms with E-state index in [1.165, 1.54) is 10.9 Å². The molecule has 3 nitrogen and oxygen atoms in total. The molecule has 0 aliphatic heterocycles. The van der Waals surface area contributed by atoms with E-state index in [4.69, 9.17) is 4.74 Å². The molecular formula is C16H22N2O. The van der Waals surface area contributed by atoms with Crippen molar-refractivity contribution in [1.82, 2.24) is 10.3 Å². The van der Waals surface area contributed by atoms with Crippen LogP contribution in [-0.4, -0.2) is 18.6 Å². The van der Waals surface area contributed by atoms with Gasteiger partial charge in [-0.3, -0.25) is 0 Å². The highest BCUT2D eigenvalue weighted by Gasteiger charge is 2.07. The minimum atomic E-state index is 0.648. The summed E-state index contributed by atoms with van der Waals surface area (Å²) in [5.74, 6) is 1.39. The van der Waals surface area contributed by atoms with E-state index in [1.807, 2.05) is 19.3 Å². The Morgan fingerprint density at radius 2 is 1.95 bits per heavy atom. The molecule has 1 heterocycles. The second kappa shape index (κ2) is 6.53. The first-order valence-electron chi connectivity index (χ1n) is 6.86. The maximum Gasteiger partial charge on any atom is 0.221 e. The zero-order chi connectivity index (χ0) is 13.7. The predicted octanol–water partition coefficient (Wildman–Crippen LogP) is 3.38. The molecule has 0 atom stereocenters. The summed E-state index contributed by atoms with van der Waals surface area (Å²) in [4.78, 5) is 4.46. The van der Waals surface area contributed by atoms with Crippen LogP contribution < -0.4 is 10.1 Å². The average Bonchev–Trinajstić information content (AvgIpc) is 2.41. The molecule has 3 heteroatoms. The van der Waals surface area contributed by atoms with E-state index in [2.05, 4.69) is 42.3 Å². The normalized spacial score (nSPS) is 11.2. The lowest BCUT2D eigenvalue weighted by atomic mass is 10.1. The lowest BCUT2D eigenvalue weighted by Crippen LogP contribution is -2.07. The van der Waals surface area contributed by atoms with Crippen molar-refractivity contribution in [1.29, 1.82) is 0 Å². The third-order valence-electron chi connectivity index (χ3n) is 3.14. The van der Waals surface area contributed by atoms with E-state index in [0.29, 0.717) is 5.92 Å². The highest BCUT2D eigenvalue weighted by Crippen LogP contribution is 2.26. The van der Waals surface area contributed by atoms with Crippen LogP contribution in [0.3, 0.4) is 0 Å². The Balaban J connectivity index is 2.27. The van der Waals surface area contributed by atoms with Crippen molar-refractivity contribution in [3.05, 3.63) is 36.0 Å². The summed E-state index contributed by atoms with van der Waals surface area (Å²) < 4.78 is 5.83. The van der Waals surface area contributed by atoms with Crippen molar-refractivity contribution in [3.8, 4) is 5.88 Å². The smallest absolute Gasteiger partial charge is 0.221 e.